The molecule has 0 amide bonds. The van der Waals surface area contributed by atoms with Gasteiger partial charge in [0.05, 0.1) is 18.1 Å². The van der Waals surface area contributed by atoms with Crippen LogP contribution in [0.1, 0.15) is 49.5 Å². The molecule has 0 unspecified atom stereocenters. The number of carbonyl (C=O) groups excluding carboxylic acids is 1. The maximum absolute atomic E-state index is 11.2. The van der Waals surface area contributed by atoms with Crippen molar-refractivity contribution in [3.63, 3.8) is 0 Å². The molecule has 0 saturated heterocycles. The predicted octanol–water partition coefficient (Wildman–Crippen LogP) is 4.41. The van der Waals surface area contributed by atoms with Crippen molar-refractivity contribution in [2.45, 2.75) is 38.4 Å². The second-order valence-corrected chi connectivity index (χ2v) is 7.68. The van der Waals surface area contributed by atoms with E-state index in [1.54, 1.807) is 12.1 Å². The standard InChI is InChI=1S/C22H20O5/c1-12(23)25-13-4-5-14-17-11-24-20-15-8-9-22(2,3)27-18(15)7-6-16(20)21(17)26-19(14)10-13/h4-10,17,21H,11H2,1-3H3/t17-,21-/m0/s1. The maximum atomic E-state index is 11.2. The molecule has 0 spiro atoms. The van der Waals surface area contributed by atoms with Crippen LogP contribution in [0.3, 0.4) is 0 Å². The number of hydrogen-bond acceptors (Lipinski definition) is 5. The summed E-state index contributed by atoms with van der Waals surface area (Å²) < 4.78 is 23.6. The van der Waals surface area contributed by atoms with Crippen LogP contribution in [-0.4, -0.2) is 18.2 Å². The zero-order valence-corrected chi connectivity index (χ0v) is 15.4. The Hall–Kier alpha value is -2.95. The minimum absolute atomic E-state index is 0.113. The van der Waals surface area contributed by atoms with Gasteiger partial charge >= 0.3 is 5.97 Å². The SMILES string of the molecule is CC(=O)Oc1ccc2c(c1)O[C@H]1c3ccc4c(c3OC[C@@H]21)C=CC(C)(C)O4. The Morgan fingerprint density at radius 3 is 2.78 bits per heavy atom. The third-order valence-electron chi connectivity index (χ3n) is 5.19. The molecule has 2 aromatic carbocycles. The minimum Gasteiger partial charge on any atom is -0.492 e. The van der Waals surface area contributed by atoms with E-state index < -0.39 is 0 Å². The van der Waals surface area contributed by atoms with Gasteiger partial charge < -0.3 is 18.9 Å². The van der Waals surface area contributed by atoms with E-state index in [4.69, 9.17) is 18.9 Å². The lowest BCUT2D eigenvalue weighted by Crippen LogP contribution is -2.29. The summed E-state index contributed by atoms with van der Waals surface area (Å²) in [5, 5.41) is 0. The van der Waals surface area contributed by atoms with Crippen LogP contribution in [0.2, 0.25) is 0 Å². The first-order valence-electron chi connectivity index (χ1n) is 9.08. The lowest BCUT2D eigenvalue weighted by molar-refractivity contribution is -0.131. The summed E-state index contributed by atoms with van der Waals surface area (Å²) in [6, 6.07) is 9.54. The van der Waals surface area contributed by atoms with Crippen LogP contribution in [-0.2, 0) is 4.79 Å². The van der Waals surface area contributed by atoms with Crippen LogP contribution in [0, 0.1) is 0 Å². The van der Waals surface area contributed by atoms with E-state index in [0.29, 0.717) is 12.4 Å². The molecule has 27 heavy (non-hydrogen) atoms. The Morgan fingerprint density at radius 2 is 1.96 bits per heavy atom. The molecule has 3 aliphatic rings. The van der Waals surface area contributed by atoms with Gasteiger partial charge in [-0.2, -0.15) is 0 Å². The second kappa shape index (κ2) is 5.52. The quantitative estimate of drug-likeness (QED) is 0.554. The van der Waals surface area contributed by atoms with Gasteiger partial charge in [0, 0.05) is 24.1 Å². The number of esters is 1. The summed E-state index contributed by atoms with van der Waals surface area (Å²) in [7, 11) is 0. The highest BCUT2D eigenvalue weighted by molar-refractivity contribution is 5.71. The van der Waals surface area contributed by atoms with Crippen LogP contribution in [0.4, 0.5) is 0 Å². The van der Waals surface area contributed by atoms with E-state index in [9.17, 15) is 4.79 Å². The first-order valence-corrected chi connectivity index (χ1v) is 9.08. The molecule has 0 N–H and O–H groups in total. The molecule has 0 fully saturated rings. The molecule has 0 saturated carbocycles. The van der Waals surface area contributed by atoms with Crippen molar-refractivity contribution in [3.8, 4) is 23.0 Å². The molecule has 3 heterocycles. The zero-order valence-electron chi connectivity index (χ0n) is 15.4. The van der Waals surface area contributed by atoms with Crippen LogP contribution in [0.15, 0.2) is 36.4 Å². The summed E-state index contributed by atoms with van der Waals surface area (Å²) in [5.41, 5.74) is 2.73. The molecule has 0 radical (unpaired) electrons. The fraction of sp³-hybridized carbons (Fsp3) is 0.318. The van der Waals surface area contributed by atoms with Gasteiger partial charge in [-0.25, -0.2) is 0 Å². The smallest absolute Gasteiger partial charge is 0.308 e. The molecular weight excluding hydrogens is 344 g/mol. The average Bonchev–Trinajstić information content (AvgIpc) is 2.97. The predicted molar refractivity (Wildman–Crippen MR) is 99.5 cm³/mol. The van der Waals surface area contributed by atoms with Crippen molar-refractivity contribution in [3.05, 3.63) is 53.1 Å². The van der Waals surface area contributed by atoms with Gasteiger partial charge in [0.2, 0.25) is 0 Å². The number of hydrogen-bond donors (Lipinski definition) is 0. The number of rotatable bonds is 1. The summed E-state index contributed by atoms with van der Waals surface area (Å²) in [5.74, 6) is 2.65. The third kappa shape index (κ3) is 2.57. The molecular formula is C22H20O5. The van der Waals surface area contributed by atoms with E-state index in [-0.39, 0.29) is 23.6 Å². The molecule has 3 aliphatic heterocycles. The van der Waals surface area contributed by atoms with Gasteiger partial charge in [0.1, 0.15) is 34.7 Å². The third-order valence-corrected chi connectivity index (χ3v) is 5.19. The topological polar surface area (TPSA) is 54.0 Å². The highest BCUT2D eigenvalue weighted by Crippen LogP contribution is 2.54. The van der Waals surface area contributed by atoms with Crippen molar-refractivity contribution in [1.29, 1.82) is 0 Å². The van der Waals surface area contributed by atoms with Gasteiger partial charge in [-0.15, -0.1) is 0 Å². The van der Waals surface area contributed by atoms with E-state index in [0.717, 1.165) is 33.9 Å². The number of fused-ring (bicyclic) bond motifs is 7. The average molecular weight is 364 g/mol. The van der Waals surface area contributed by atoms with Gasteiger partial charge in [-0.05, 0) is 44.2 Å². The molecule has 2 aromatic rings. The van der Waals surface area contributed by atoms with Gasteiger partial charge in [-0.3, -0.25) is 4.79 Å². The summed E-state index contributed by atoms with van der Waals surface area (Å²) in [4.78, 5) is 11.2. The summed E-state index contributed by atoms with van der Waals surface area (Å²) >= 11 is 0. The number of carbonyl (C=O) groups is 1. The highest BCUT2D eigenvalue weighted by atomic mass is 16.5. The minimum atomic E-state index is -0.347. The fourth-order valence-corrected chi connectivity index (χ4v) is 4.00. The summed E-state index contributed by atoms with van der Waals surface area (Å²) in [6.07, 6.45) is 3.99. The van der Waals surface area contributed by atoms with Crippen LogP contribution < -0.4 is 18.9 Å². The van der Waals surface area contributed by atoms with E-state index in [2.05, 4.69) is 6.08 Å². The van der Waals surface area contributed by atoms with E-state index in [1.807, 2.05) is 38.1 Å². The molecule has 138 valence electrons. The Balaban J connectivity index is 1.52. The molecule has 0 aromatic heterocycles. The molecule has 0 bridgehead atoms. The zero-order chi connectivity index (χ0) is 18.8. The first-order chi connectivity index (χ1) is 12.9. The van der Waals surface area contributed by atoms with Gasteiger partial charge in [0.15, 0.2) is 0 Å². The lowest BCUT2D eigenvalue weighted by Gasteiger charge is -2.33. The Labute approximate surface area is 157 Å². The first kappa shape index (κ1) is 16.2. The largest absolute Gasteiger partial charge is 0.492 e. The monoisotopic (exact) mass is 364 g/mol. The Bertz CT molecular complexity index is 988. The Kier molecular flexibility index (Phi) is 3.32. The van der Waals surface area contributed by atoms with Gasteiger partial charge in [-0.1, -0.05) is 6.07 Å². The Morgan fingerprint density at radius 1 is 1.15 bits per heavy atom. The maximum Gasteiger partial charge on any atom is 0.308 e. The number of ether oxygens (including phenoxy) is 4. The molecule has 0 aliphatic carbocycles. The molecule has 5 rings (SSSR count). The van der Waals surface area contributed by atoms with Crippen molar-refractivity contribution in [2.24, 2.45) is 0 Å². The van der Waals surface area contributed by atoms with Crippen LogP contribution >= 0.6 is 0 Å². The second-order valence-electron chi connectivity index (χ2n) is 7.68. The van der Waals surface area contributed by atoms with Crippen molar-refractivity contribution in [2.75, 3.05) is 6.61 Å². The van der Waals surface area contributed by atoms with Crippen LogP contribution in [0.5, 0.6) is 23.0 Å². The van der Waals surface area contributed by atoms with Crippen molar-refractivity contribution >= 4 is 12.0 Å². The number of benzene rings is 2. The normalized spacial score (nSPS) is 22.9. The van der Waals surface area contributed by atoms with Crippen molar-refractivity contribution in [1.82, 2.24) is 0 Å². The molecule has 5 heteroatoms. The fourth-order valence-electron chi connectivity index (χ4n) is 4.00. The molecule has 5 nitrogen and oxygen atoms in total. The van der Waals surface area contributed by atoms with Crippen LogP contribution in [0.25, 0.3) is 6.08 Å². The lowest BCUT2D eigenvalue weighted by atomic mass is 9.87. The van der Waals surface area contributed by atoms with Crippen molar-refractivity contribution < 1.29 is 23.7 Å². The van der Waals surface area contributed by atoms with E-state index in [1.165, 1.54) is 6.92 Å². The summed E-state index contributed by atoms with van der Waals surface area (Å²) in [6.45, 7) is 5.98. The van der Waals surface area contributed by atoms with E-state index >= 15 is 0 Å². The van der Waals surface area contributed by atoms with Gasteiger partial charge in [0.25, 0.3) is 0 Å². The highest BCUT2D eigenvalue weighted by Gasteiger charge is 2.42. The molecule has 2 atom stereocenters.